The zero-order chi connectivity index (χ0) is 13.1. The van der Waals surface area contributed by atoms with Crippen molar-refractivity contribution >= 4 is 39.6 Å². The summed E-state index contributed by atoms with van der Waals surface area (Å²) in [6.45, 7) is 6.48. The molecular formula is C13H18IN3O. The number of benzene rings is 1. The molecule has 18 heavy (non-hydrogen) atoms. The molecule has 98 valence electrons. The lowest BCUT2D eigenvalue weighted by molar-refractivity contribution is 0.104. The predicted octanol–water partition coefficient (Wildman–Crippen LogP) is 2.90. The molecule has 0 amide bonds. The zero-order valence-electron chi connectivity index (χ0n) is 10.7. The SMILES string of the molecule is CC(C)COCCn1c(N)nc2cc(I)ccc21. The predicted molar refractivity (Wildman–Crippen MR) is 82.5 cm³/mol. The lowest BCUT2D eigenvalue weighted by Gasteiger charge is -2.09. The number of rotatable bonds is 5. The van der Waals surface area contributed by atoms with Gasteiger partial charge in [-0.05, 0) is 46.7 Å². The summed E-state index contributed by atoms with van der Waals surface area (Å²) in [5, 5.41) is 0. The van der Waals surface area contributed by atoms with Crippen LogP contribution in [0.15, 0.2) is 18.2 Å². The lowest BCUT2D eigenvalue weighted by atomic mass is 10.2. The van der Waals surface area contributed by atoms with Crippen LogP contribution in [-0.2, 0) is 11.3 Å². The molecule has 0 unspecified atom stereocenters. The van der Waals surface area contributed by atoms with Crippen LogP contribution in [0.25, 0.3) is 11.0 Å². The first-order valence-electron chi connectivity index (χ1n) is 6.07. The van der Waals surface area contributed by atoms with Gasteiger partial charge in [-0.1, -0.05) is 13.8 Å². The fraction of sp³-hybridized carbons (Fsp3) is 0.462. The second kappa shape index (κ2) is 5.88. The second-order valence-corrected chi connectivity index (χ2v) is 5.97. The Morgan fingerprint density at radius 2 is 2.22 bits per heavy atom. The van der Waals surface area contributed by atoms with Crippen LogP contribution in [0.1, 0.15) is 13.8 Å². The summed E-state index contributed by atoms with van der Waals surface area (Å²) in [7, 11) is 0. The first-order chi connectivity index (χ1) is 8.58. The summed E-state index contributed by atoms with van der Waals surface area (Å²) in [5.41, 5.74) is 7.96. The Morgan fingerprint density at radius 3 is 2.94 bits per heavy atom. The van der Waals surface area contributed by atoms with Crippen LogP contribution in [0.5, 0.6) is 0 Å². The van der Waals surface area contributed by atoms with Gasteiger partial charge in [-0.2, -0.15) is 0 Å². The van der Waals surface area contributed by atoms with Crippen LogP contribution in [0.4, 0.5) is 5.95 Å². The van der Waals surface area contributed by atoms with Crippen molar-refractivity contribution in [3.05, 3.63) is 21.8 Å². The van der Waals surface area contributed by atoms with Crippen molar-refractivity contribution in [3.8, 4) is 0 Å². The third kappa shape index (κ3) is 3.14. The molecule has 0 aliphatic carbocycles. The van der Waals surface area contributed by atoms with E-state index in [0.29, 0.717) is 18.5 Å². The number of ether oxygens (including phenoxy) is 1. The molecule has 4 nitrogen and oxygen atoms in total. The van der Waals surface area contributed by atoms with Gasteiger partial charge in [0.1, 0.15) is 0 Å². The minimum atomic E-state index is 0.556. The van der Waals surface area contributed by atoms with E-state index >= 15 is 0 Å². The molecule has 0 fully saturated rings. The Kier molecular flexibility index (Phi) is 4.45. The molecule has 1 heterocycles. The molecule has 0 aliphatic heterocycles. The standard InChI is InChI=1S/C13H18IN3O/c1-9(2)8-18-6-5-17-12-4-3-10(14)7-11(12)16-13(17)15/h3-4,7,9H,5-6,8H2,1-2H3,(H2,15,16). The number of aromatic nitrogens is 2. The maximum atomic E-state index is 5.94. The van der Waals surface area contributed by atoms with Crippen molar-refractivity contribution in [2.45, 2.75) is 20.4 Å². The van der Waals surface area contributed by atoms with Gasteiger partial charge in [0.05, 0.1) is 17.6 Å². The van der Waals surface area contributed by atoms with Crippen molar-refractivity contribution in [1.82, 2.24) is 9.55 Å². The van der Waals surface area contributed by atoms with Crippen molar-refractivity contribution in [3.63, 3.8) is 0 Å². The van der Waals surface area contributed by atoms with Crippen molar-refractivity contribution in [2.75, 3.05) is 18.9 Å². The second-order valence-electron chi connectivity index (χ2n) is 4.72. The van der Waals surface area contributed by atoms with E-state index < -0.39 is 0 Å². The number of nitrogen functional groups attached to an aromatic ring is 1. The Morgan fingerprint density at radius 1 is 1.44 bits per heavy atom. The van der Waals surface area contributed by atoms with Crippen molar-refractivity contribution < 1.29 is 4.74 Å². The Balaban J connectivity index is 2.10. The van der Waals surface area contributed by atoms with Crippen LogP contribution in [0, 0.1) is 9.49 Å². The molecular weight excluding hydrogens is 341 g/mol. The number of halogens is 1. The van der Waals surface area contributed by atoms with E-state index in [9.17, 15) is 0 Å². The van der Waals surface area contributed by atoms with Crippen molar-refractivity contribution in [1.29, 1.82) is 0 Å². The third-order valence-electron chi connectivity index (χ3n) is 2.65. The fourth-order valence-electron chi connectivity index (χ4n) is 1.83. The third-order valence-corrected chi connectivity index (χ3v) is 3.32. The average molecular weight is 359 g/mol. The molecule has 2 N–H and O–H groups in total. The number of hydrogen-bond acceptors (Lipinski definition) is 3. The molecule has 0 aliphatic rings. The lowest BCUT2D eigenvalue weighted by Crippen LogP contribution is -2.11. The number of nitrogens with two attached hydrogens (primary N) is 1. The van der Waals surface area contributed by atoms with E-state index in [0.717, 1.165) is 24.2 Å². The molecule has 0 radical (unpaired) electrons. The maximum absolute atomic E-state index is 5.94. The highest BCUT2D eigenvalue weighted by Gasteiger charge is 2.08. The molecule has 2 aromatic rings. The van der Waals surface area contributed by atoms with E-state index in [2.05, 4.69) is 53.6 Å². The van der Waals surface area contributed by atoms with Gasteiger partial charge in [0.25, 0.3) is 0 Å². The van der Waals surface area contributed by atoms with E-state index in [4.69, 9.17) is 10.5 Å². The summed E-state index contributed by atoms with van der Waals surface area (Å²) in [6, 6.07) is 6.16. The van der Waals surface area contributed by atoms with E-state index in [-0.39, 0.29) is 0 Å². The van der Waals surface area contributed by atoms with Crippen LogP contribution in [0.2, 0.25) is 0 Å². The molecule has 0 bridgehead atoms. The Labute approximate surface area is 121 Å². The Hall–Kier alpha value is -0.820. The summed E-state index contributed by atoms with van der Waals surface area (Å²) >= 11 is 2.28. The van der Waals surface area contributed by atoms with Crippen LogP contribution < -0.4 is 5.73 Å². The Bertz CT molecular complexity index is 536. The molecule has 1 aromatic heterocycles. The molecule has 0 spiro atoms. The van der Waals surface area contributed by atoms with Gasteiger partial charge in [-0.25, -0.2) is 4.98 Å². The van der Waals surface area contributed by atoms with Gasteiger partial charge in [0.2, 0.25) is 5.95 Å². The molecule has 5 heteroatoms. The minimum absolute atomic E-state index is 0.556. The van der Waals surface area contributed by atoms with Crippen LogP contribution in [0.3, 0.4) is 0 Å². The maximum Gasteiger partial charge on any atom is 0.201 e. The topological polar surface area (TPSA) is 53.1 Å². The van der Waals surface area contributed by atoms with Gasteiger partial charge in [0, 0.05) is 16.7 Å². The summed E-state index contributed by atoms with van der Waals surface area (Å²) < 4.78 is 8.76. The monoisotopic (exact) mass is 359 g/mol. The van der Waals surface area contributed by atoms with Gasteiger partial charge in [-0.15, -0.1) is 0 Å². The zero-order valence-corrected chi connectivity index (χ0v) is 12.8. The van der Waals surface area contributed by atoms with Gasteiger partial charge >= 0.3 is 0 Å². The number of hydrogen-bond donors (Lipinski definition) is 1. The highest BCUT2D eigenvalue weighted by molar-refractivity contribution is 14.1. The molecule has 0 saturated carbocycles. The van der Waals surface area contributed by atoms with Gasteiger partial charge < -0.3 is 15.0 Å². The molecule has 0 saturated heterocycles. The highest BCUT2D eigenvalue weighted by Crippen LogP contribution is 2.20. The van der Waals surface area contributed by atoms with Gasteiger partial charge in [0.15, 0.2) is 0 Å². The van der Waals surface area contributed by atoms with E-state index in [1.807, 2.05) is 10.6 Å². The first-order valence-corrected chi connectivity index (χ1v) is 7.15. The quantitative estimate of drug-likeness (QED) is 0.660. The largest absolute Gasteiger partial charge is 0.379 e. The van der Waals surface area contributed by atoms with Gasteiger partial charge in [-0.3, -0.25) is 0 Å². The van der Waals surface area contributed by atoms with E-state index in [1.165, 1.54) is 3.57 Å². The number of nitrogens with zero attached hydrogens (tertiary/aromatic N) is 2. The van der Waals surface area contributed by atoms with Crippen molar-refractivity contribution in [2.24, 2.45) is 5.92 Å². The first kappa shape index (κ1) is 13.6. The van der Waals surface area contributed by atoms with Crippen LogP contribution in [-0.4, -0.2) is 22.8 Å². The summed E-state index contributed by atoms with van der Waals surface area (Å²) in [5.74, 6) is 1.11. The normalized spacial score (nSPS) is 11.6. The number of anilines is 1. The number of imidazole rings is 1. The van der Waals surface area contributed by atoms with Crippen LogP contribution >= 0.6 is 22.6 Å². The molecule has 0 atom stereocenters. The minimum Gasteiger partial charge on any atom is -0.379 e. The van der Waals surface area contributed by atoms with E-state index in [1.54, 1.807) is 0 Å². The average Bonchev–Trinajstić information content (AvgIpc) is 2.59. The fourth-order valence-corrected chi connectivity index (χ4v) is 2.31. The molecule has 1 aromatic carbocycles. The summed E-state index contributed by atoms with van der Waals surface area (Å²) in [6.07, 6.45) is 0. The summed E-state index contributed by atoms with van der Waals surface area (Å²) in [4.78, 5) is 4.37. The smallest absolute Gasteiger partial charge is 0.201 e. The number of fused-ring (bicyclic) bond motifs is 1. The highest BCUT2D eigenvalue weighted by atomic mass is 127. The molecule has 2 rings (SSSR count).